The normalized spacial score (nSPS) is 15.5. The van der Waals surface area contributed by atoms with Gasteiger partial charge in [-0.05, 0) is 23.8 Å². The average molecular weight is 254 g/mol. The molecule has 6 heteroatoms. The van der Waals surface area contributed by atoms with Gasteiger partial charge in [0.2, 0.25) is 15.9 Å². The van der Waals surface area contributed by atoms with E-state index in [0.29, 0.717) is 0 Å². The third-order valence-electron chi connectivity index (χ3n) is 2.91. The van der Waals surface area contributed by atoms with Gasteiger partial charge in [0.25, 0.3) is 0 Å². The number of likely N-dealkylation sites (N-methyl/N-ethyl adjacent to an activating group) is 1. The lowest BCUT2D eigenvalue weighted by molar-refractivity contribution is -0.117. The first-order valence-electron chi connectivity index (χ1n) is 5.16. The summed E-state index contributed by atoms with van der Waals surface area (Å²) in [6.45, 7) is 0. The van der Waals surface area contributed by atoms with E-state index < -0.39 is 10.0 Å². The Kier molecular flexibility index (Phi) is 2.71. The summed E-state index contributed by atoms with van der Waals surface area (Å²) in [5.41, 5.74) is 1.55. The zero-order chi connectivity index (χ0) is 12.8. The number of benzene rings is 1. The van der Waals surface area contributed by atoms with Gasteiger partial charge in [0.15, 0.2) is 0 Å². The predicted molar refractivity (Wildman–Crippen MR) is 64.4 cm³/mol. The summed E-state index contributed by atoms with van der Waals surface area (Å²) >= 11 is 0. The number of hydrogen-bond donors (Lipinski definition) is 0. The van der Waals surface area contributed by atoms with E-state index in [4.69, 9.17) is 0 Å². The van der Waals surface area contributed by atoms with Crippen LogP contribution in [0.1, 0.15) is 5.56 Å². The minimum atomic E-state index is -3.43. The fourth-order valence-corrected chi connectivity index (χ4v) is 2.77. The SMILES string of the molecule is CN1C(=O)Cc2cc(S(=O)(=O)N(C)C)ccc21. The van der Waals surface area contributed by atoms with E-state index in [9.17, 15) is 13.2 Å². The lowest BCUT2D eigenvalue weighted by atomic mass is 10.2. The number of amides is 1. The molecule has 0 spiro atoms. The summed E-state index contributed by atoms with van der Waals surface area (Å²) < 4.78 is 25.0. The number of hydrogen-bond acceptors (Lipinski definition) is 3. The highest BCUT2D eigenvalue weighted by molar-refractivity contribution is 7.89. The Balaban J connectivity index is 2.51. The summed E-state index contributed by atoms with van der Waals surface area (Å²) in [6.07, 6.45) is 0.266. The third kappa shape index (κ3) is 1.83. The van der Waals surface area contributed by atoms with Gasteiger partial charge >= 0.3 is 0 Å². The molecule has 0 saturated heterocycles. The van der Waals surface area contributed by atoms with Gasteiger partial charge < -0.3 is 4.90 Å². The second-order valence-electron chi connectivity index (χ2n) is 4.21. The molecule has 0 aliphatic carbocycles. The summed E-state index contributed by atoms with van der Waals surface area (Å²) in [5, 5.41) is 0. The number of nitrogens with zero attached hydrogens (tertiary/aromatic N) is 2. The van der Waals surface area contributed by atoms with Crippen LogP contribution in [0.15, 0.2) is 23.1 Å². The minimum absolute atomic E-state index is 0.0144. The number of sulfonamides is 1. The van der Waals surface area contributed by atoms with E-state index in [1.807, 2.05) is 0 Å². The molecule has 0 aromatic heterocycles. The molecule has 0 unspecified atom stereocenters. The van der Waals surface area contributed by atoms with Crippen molar-refractivity contribution < 1.29 is 13.2 Å². The fourth-order valence-electron chi connectivity index (χ4n) is 1.82. The van der Waals surface area contributed by atoms with Crippen LogP contribution in [-0.4, -0.2) is 39.8 Å². The van der Waals surface area contributed by atoms with Crippen molar-refractivity contribution in [3.8, 4) is 0 Å². The van der Waals surface area contributed by atoms with Crippen LogP contribution in [0.3, 0.4) is 0 Å². The summed E-state index contributed by atoms with van der Waals surface area (Å²) in [7, 11) is 1.23. The lowest BCUT2D eigenvalue weighted by Crippen LogP contribution is -2.22. The van der Waals surface area contributed by atoms with Crippen LogP contribution in [0.4, 0.5) is 5.69 Å². The van der Waals surface area contributed by atoms with Crippen LogP contribution in [0.5, 0.6) is 0 Å². The second-order valence-corrected chi connectivity index (χ2v) is 6.36. The molecule has 1 aliphatic rings. The first kappa shape index (κ1) is 12.1. The van der Waals surface area contributed by atoms with Crippen LogP contribution in [0.25, 0.3) is 0 Å². The number of carbonyl (C=O) groups excluding carboxylic acids is 1. The van der Waals surface area contributed by atoms with E-state index in [-0.39, 0.29) is 17.2 Å². The van der Waals surface area contributed by atoms with Crippen LogP contribution in [0.2, 0.25) is 0 Å². The molecular weight excluding hydrogens is 240 g/mol. The molecule has 1 aliphatic heterocycles. The Bertz CT molecular complexity index is 578. The zero-order valence-electron chi connectivity index (χ0n) is 9.97. The minimum Gasteiger partial charge on any atom is -0.315 e. The van der Waals surface area contributed by atoms with Gasteiger partial charge in [-0.2, -0.15) is 0 Å². The molecule has 0 bridgehead atoms. The number of anilines is 1. The molecule has 0 N–H and O–H groups in total. The Morgan fingerprint density at radius 2 is 1.94 bits per heavy atom. The number of fused-ring (bicyclic) bond motifs is 1. The van der Waals surface area contributed by atoms with Crippen LogP contribution < -0.4 is 4.90 Å². The van der Waals surface area contributed by atoms with E-state index in [2.05, 4.69) is 0 Å². The van der Waals surface area contributed by atoms with Gasteiger partial charge in [0.1, 0.15) is 0 Å². The third-order valence-corrected chi connectivity index (χ3v) is 4.72. The monoisotopic (exact) mass is 254 g/mol. The Labute approximate surface area is 101 Å². The van der Waals surface area contributed by atoms with Crippen molar-refractivity contribution in [2.45, 2.75) is 11.3 Å². The average Bonchev–Trinajstić information content (AvgIpc) is 2.54. The molecule has 1 aromatic rings. The molecule has 17 heavy (non-hydrogen) atoms. The molecule has 0 radical (unpaired) electrons. The van der Waals surface area contributed by atoms with Crippen molar-refractivity contribution >= 4 is 21.6 Å². The number of rotatable bonds is 2. The van der Waals surface area contributed by atoms with Crippen molar-refractivity contribution in [3.63, 3.8) is 0 Å². The molecule has 0 atom stereocenters. The molecule has 92 valence electrons. The zero-order valence-corrected chi connectivity index (χ0v) is 10.8. The highest BCUT2D eigenvalue weighted by atomic mass is 32.2. The van der Waals surface area contributed by atoms with Gasteiger partial charge in [-0.3, -0.25) is 4.79 Å². The first-order chi connectivity index (χ1) is 7.84. The summed E-state index contributed by atoms with van der Waals surface area (Å²) in [5.74, 6) is -0.0144. The predicted octanol–water partition coefficient (Wildman–Crippen LogP) is 0.456. The van der Waals surface area contributed by atoms with Crippen molar-refractivity contribution in [1.82, 2.24) is 4.31 Å². The maximum atomic E-state index is 11.9. The largest absolute Gasteiger partial charge is 0.315 e. The molecule has 5 nitrogen and oxygen atoms in total. The van der Waals surface area contributed by atoms with Crippen molar-refractivity contribution in [3.05, 3.63) is 23.8 Å². The fraction of sp³-hybridized carbons (Fsp3) is 0.364. The standard InChI is InChI=1S/C11H14N2O3S/c1-12(2)17(15,16)9-4-5-10-8(6-9)7-11(14)13(10)3/h4-6H,7H2,1-3H3. The highest BCUT2D eigenvalue weighted by Crippen LogP contribution is 2.30. The summed E-state index contributed by atoms with van der Waals surface area (Å²) in [4.78, 5) is 13.3. The van der Waals surface area contributed by atoms with E-state index in [1.165, 1.54) is 20.2 Å². The van der Waals surface area contributed by atoms with Gasteiger partial charge in [-0.15, -0.1) is 0 Å². The highest BCUT2D eigenvalue weighted by Gasteiger charge is 2.26. The molecule has 1 aromatic carbocycles. The molecule has 2 rings (SSSR count). The maximum absolute atomic E-state index is 11.9. The van der Waals surface area contributed by atoms with E-state index >= 15 is 0 Å². The van der Waals surface area contributed by atoms with Crippen LogP contribution in [-0.2, 0) is 21.2 Å². The van der Waals surface area contributed by atoms with Crippen LogP contribution in [0, 0.1) is 0 Å². The van der Waals surface area contributed by atoms with E-state index in [1.54, 1.807) is 24.1 Å². The molecule has 0 saturated carbocycles. The molecule has 1 amide bonds. The van der Waals surface area contributed by atoms with Gasteiger partial charge in [0.05, 0.1) is 11.3 Å². The topological polar surface area (TPSA) is 57.7 Å². The van der Waals surface area contributed by atoms with E-state index in [0.717, 1.165) is 15.6 Å². The Morgan fingerprint density at radius 1 is 1.29 bits per heavy atom. The van der Waals surface area contributed by atoms with Gasteiger partial charge in [-0.25, -0.2) is 12.7 Å². The Hall–Kier alpha value is -1.40. The van der Waals surface area contributed by atoms with Gasteiger partial charge in [-0.1, -0.05) is 0 Å². The first-order valence-corrected chi connectivity index (χ1v) is 6.60. The lowest BCUT2D eigenvalue weighted by Gasteiger charge is -2.13. The van der Waals surface area contributed by atoms with Crippen molar-refractivity contribution in [2.24, 2.45) is 0 Å². The van der Waals surface area contributed by atoms with Crippen molar-refractivity contribution in [2.75, 3.05) is 26.0 Å². The van der Waals surface area contributed by atoms with Gasteiger partial charge in [0, 0.05) is 26.8 Å². The Morgan fingerprint density at radius 3 is 2.53 bits per heavy atom. The molecular formula is C11H14N2O3S. The second kappa shape index (κ2) is 3.82. The number of carbonyl (C=O) groups is 1. The molecule has 1 heterocycles. The quantitative estimate of drug-likeness (QED) is 0.770. The van der Waals surface area contributed by atoms with Crippen molar-refractivity contribution in [1.29, 1.82) is 0 Å². The van der Waals surface area contributed by atoms with Crippen LogP contribution >= 0.6 is 0 Å². The smallest absolute Gasteiger partial charge is 0.242 e. The molecule has 0 fully saturated rings. The maximum Gasteiger partial charge on any atom is 0.242 e. The summed E-state index contributed by atoms with van der Waals surface area (Å²) in [6, 6.07) is 4.78.